The molecule has 1 amide bonds. The number of sulfonamides is 1. The van der Waals surface area contributed by atoms with Gasteiger partial charge in [-0.1, -0.05) is 15.9 Å². The summed E-state index contributed by atoms with van der Waals surface area (Å²) < 4.78 is 53.6. The minimum Gasteiger partial charge on any atom is -0.444 e. The maximum absolute atomic E-state index is 14.8. The second kappa shape index (κ2) is 7.51. The van der Waals surface area contributed by atoms with E-state index in [0.29, 0.717) is 4.47 Å². The molecule has 1 aromatic carbocycles. The smallest absolute Gasteiger partial charge is 0.414 e. The summed E-state index contributed by atoms with van der Waals surface area (Å²) in [6.45, 7) is 5.11. The Hall–Kier alpha value is -1.72. The lowest BCUT2D eigenvalue weighted by atomic mass is 9.84. The van der Waals surface area contributed by atoms with E-state index in [9.17, 15) is 17.6 Å². The van der Waals surface area contributed by atoms with Crippen LogP contribution in [0.1, 0.15) is 32.8 Å². The van der Waals surface area contributed by atoms with Gasteiger partial charge >= 0.3 is 6.09 Å². The molecule has 1 aromatic rings. The van der Waals surface area contributed by atoms with Gasteiger partial charge in [0.15, 0.2) is 0 Å². The zero-order valence-electron chi connectivity index (χ0n) is 16.5. The van der Waals surface area contributed by atoms with Crippen molar-refractivity contribution in [3.05, 3.63) is 34.1 Å². The number of carbonyl (C=O) groups is 1. The predicted octanol–water partition coefficient (Wildman–Crippen LogP) is 2.73. The third kappa shape index (κ3) is 4.13. The average molecular weight is 492 g/mol. The van der Waals surface area contributed by atoms with Gasteiger partial charge in [0.2, 0.25) is 16.0 Å². The second-order valence-corrected chi connectivity index (χ2v) is 11.0. The van der Waals surface area contributed by atoms with Crippen LogP contribution in [0.3, 0.4) is 0 Å². The maximum Gasteiger partial charge on any atom is 0.414 e. The van der Waals surface area contributed by atoms with Crippen molar-refractivity contribution in [1.29, 1.82) is 0 Å². The summed E-state index contributed by atoms with van der Waals surface area (Å²) in [7, 11) is -2.67. The van der Waals surface area contributed by atoms with Gasteiger partial charge in [-0.2, -0.15) is 0 Å². The van der Waals surface area contributed by atoms with Gasteiger partial charge in [0.1, 0.15) is 22.2 Å². The molecule has 0 aromatic heterocycles. The van der Waals surface area contributed by atoms with E-state index in [-0.39, 0.29) is 31.2 Å². The number of carbonyl (C=O) groups excluding carboxylic acids is 1. The van der Waals surface area contributed by atoms with Crippen LogP contribution < -0.4 is 5.32 Å². The number of ether oxygens (including phenoxy) is 2. The molecule has 2 unspecified atom stereocenters. The zero-order chi connectivity index (χ0) is 21.6. The molecule has 0 saturated carbocycles. The highest BCUT2D eigenvalue weighted by Gasteiger charge is 2.56. The number of rotatable bonds is 1. The molecule has 0 aliphatic carbocycles. The van der Waals surface area contributed by atoms with Crippen LogP contribution in [0.2, 0.25) is 0 Å². The van der Waals surface area contributed by atoms with Crippen LogP contribution in [-0.4, -0.2) is 55.9 Å². The minimum atomic E-state index is -3.97. The standard InChI is InChI=1S/C18H23BrFN3O5S/c1-17(2,3)28-16(24)21-15-22-18(12-9-11(19)5-6-13(12)20)10-27-8-7-14(18)29(25,26)23(15)4/h5-6,9,14H,7-8,10H2,1-4H3,(H,21,22,24). The number of halogens is 2. The number of nitrogens with one attached hydrogen (secondary N) is 1. The van der Waals surface area contributed by atoms with E-state index in [1.165, 1.54) is 25.2 Å². The number of guanidine groups is 1. The first-order valence-corrected chi connectivity index (χ1v) is 11.3. The van der Waals surface area contributed by atoms with E-state index in [1.807, 2.05) is 0 Å². The highest BCUT2D eigenvalue weighted by Crippen LogP contribution is 2.44. The van der Waals surface area contributed by atoms with Crippen LogP contribution in [0.15, 0.2) is 27.7 Å². The minimum absolute atomic E-state index is 0.0803. The van der Waals surface area contributed by atoms with Crippen LogP contribution in [0, 0.1) is 5.82 Å². The lowest BCUT2D eigenvalue weighted by Crippen LogP contribution is -2.62. The maximum atomic E-state index is 14.8. The van der Waals surface area contributed by atoms with E-state index in [2.05, 4.69) is 26.2 Å². The Morgan fingerprint density at radius 2 is 2.14 bits per heavy atom. The van der Waals surface area contributed by atoms with Gasteiger partial charge in [0.05, 0.1) is 6.61 Å². The molecule has 11 heteroatoms. The van der Waals surface area contributed by atoms with Gasteiger partial charge in [0, 0.05) is 23.7 Å². The van der Waals surface area contributed by atoms with Crippen molar-refractivity contribution in [2.75, 3.05) is 20.3 Å². The van der Waals surface area contributed by atoms with Gasteiger partial charge in [-0.05, 0) is 45.4 Å². The molecular weight excluding hydrogens is 469 g/mol. The normalized spacial score (nSPS) is 26.3. The largest absolute Gasteiger partial charge is 0.444 e. The van der Waals surface area contributed by atoms with Crippen molar-refractivity contribution < 1.29 is 27.1 Å². The molecule has 0 spiro atoms. The number of aliphatic imine (C=N–C) groups is 1. The van der Waals surface area contributed by atoms with Crippen LogP contribution in [-0.2, 0) is 25.0 Å². The number of amides is 1. The Labute approximate surface area is 177 Å². The van der Waals surface area contributed by atoms with E-state index in [0.717, 1.165) is 4.31 Å². The molecule has 2 aliphatic rings. The first-order chi connectivity index (χ1) is 13.4. The highest BCUT2D eigenvalue weighted by atomic mass is 79.9. The van der Waals surface area contributed by atoms with Crippen molar-refractivity contribution in [3.8, 4) is 0 Å². The SMILES string of the molecule is CN1C(NC(=O)OC(C)(C)C)=NC2(c3cc(Br)ccc3F)COCCC2S1(=O)=O. The van der Waals surface area contributed by atoms with Gasteiger partial charge in [0.25, 0.3) is 0 Å². The van der Waals surface area contributed by atoms with Gasteiger partial charge in [-0.15, -0.1) is 0 Å². The topological polar surface area (TPSA) is 97.3 Å². The van der Waals surface area contributed by atoms with Crippen LogP contribution in [0.4, 0.5) is 9.18 Å². The number of fused-ring (bicyclic) bond motifs is 1. The summed E-state index contributed by atoms with van der Waals surface area (Å²) in [4.78, 5) is 16.8. The summed E-state index contributed by atoms with van der Waals surface area (Å²) in [6.07, 6.45) is -0.722. The molecule has 3 rings (SSSR count). The highest BCUT2D eigenvalue weighted by molar-refractivity contribution is 9.10. The molecule has 1 N–H and O–H groups in total. The monoisotopic (exact) mass is 491 g/mol. The first kappa shape index (κ1) is 22.0. The second-order valence-electron chi connectivity index (χ2n) is 7.95. The van der Waals surface area contributed by atoms with Gasteiger partial charge in [-0.3, -0.25) is 5.32 Å². The third-order valence-electron chi connectivity index (χ3n) is 4.73. The van der Waals surface area contributed by atoms with E-state index < -0.39 is 38.3 Å². The Kier molecular flexibility index (Phi) is 5.69. The van der Waals surface area contributed by atoms with Crippen molar-refractivity contribution in [1.82, 2.24) is 9.62 Å². The Balaban J connectivity index is 2.15. The molecule has 1 fully saturated rings. The van der Waals surface area contributed by atoms with Crippen LogP contribution >= 0.6 is 15.9 Å². The number of benzene rings is 1. The Bertz CT molecular complexity index is 963. The fourth-order valence-corrected chi connectivity index (χ4v) is 5.67. The molecule has 2 heterocycles. The third-order valence-corrected chi connectivity index (χ3v) is 7.51. The lowest BCUT2D eigenvalue weighted by Gasteiger charge is -2.46. The molecule has 1 saturated heterocycles. The molecule has 8 nitrogen and oxygen atoms in total. The summed E-state index contributed by atoms with van der Waals surface area (Å²) in [5.74, 6) is -0.857. The first-order valence-electron chi connectivity index (χ1n) is 8.98. The van der Waals surface area contributed by atoms with Crippen molar-refractivity contribution in [2.45, 2.75) is 43.6 Å². The fraction of sp³-hybridized carbons (Fsp3) is 0.556. The molecule has 2 aliphatic heterocycles. The Morgan fingerprint density at radius 1 is 1.45 bits per heavy atom. The number of hydrogen-bond donors (Lipinski definition) is 1. The van der Waals surface area contributed by atoms with Crippen LogP contribution in [0.5, 0.6) is 0 Å². The number of hydrogen-bond acceptors (Lipinski definition) is 6. The lowest BCUT2D eigenvalue weighted by molar-refractivity contribution is 0.0352. The van der Waals surface area contributed by atoms with Gasteiger partial charge in [-0.25, -0.2) is 26.9 Å². The van der Waals surface area contributed by atoms with Crippen molar-refractivity contribution >= 4 is 38.0 Å². The summed E-state index contributed by atoms with van der Waals surface area (Å²) in [5, 5.41) is 1.35. The molecule has 160 valence electrons. The number of nitrogens with zero attached hydrogens (tertiary/aromatic N) is 2. The molecule has 0 radical (unpaired) electrons. The fourth-order valence-electron chi connectivity index (χ4n) is 3.46. The zero-order valence-corrected chi connectivity index (χ0v) is 18.9. The summed E-state index contributed by atoms with van der Waals surface area (Å²) >= 11 is 3.30. The quantitative estimate of drug-likeness (QED) is 0.651. The molecule has 2 atom stereocenters. The van der Waals surface area contributed by atoms with E-state index >= 15 is 0 Å². The van der Waals surface area contributed by atoms with Gasteiger partial charge < -0.3 is 9.47 Å². The van der Waals surface area contributed by atoms with E-state index in [4.69, 9.17) is 9.47 Å². The number of alkyl carbamates (subject to hydrolysis) is 1. The summed E-state index contributed by atoms with van der Waals surface area (Å²) in [5.41, 5.74) is -2.25. The summed E-state index contributed by atoms with van der Waals surface area (Å²) in [6, 6.07) is 4.24. The molecular formula is C18H23BrFN3O5S. The van der Waals surface area contributed by atoms with E-state index in [1.54, 1.807) is 20.8 Å². The van der Waals surface area contributed by atoms with Crippen LogP contribution in [0.25, 0.3) is 0 Å². The average Bonchev–Trinajstić information content (AvgIpc) is 2.60. The van der Waals surface area contributed by atoms with Crippen molar-refractivity contribution in [3.63, 3.8) is 0 Å². The molecule has 0 bridgehead atoms. The van der Waals surface area contributed by atoms with Crippen molar-refractivity contribution in [2.24, 2.45) is 4.99 Å². The predicted molar refractivity (Wildman–Crippen MR) is 108 cm³/mol. The Morgan fingerprint density at radius 3 is 2.79 bits per heavy atom. The molecule has 29 heavy (non-hydrogen) atoms.